The van der Waals surface area contributed by atoms with Gasteiger partial charge in [-0.1, -0.05) is 36.0 Å². The van der Waals surface area contributed by atoms with Crippen LogP contribution in [0.4, 0.5) is 0 Å². The molecule has 0 aliphatic carbocycles. The van der Waals surface area contributed by atoms with Crippen molar-refractivity contribution in [3.8, 4) is 5.75 Å². The summed E-state index contributed by atoms with van der Waals surface area (Å²) in [5, 5.41) is 0.585. The van der Waals surface area contributed by atoms with Gasteiger partial charge in [-0.2, -0.15) is 0 Å². The van der Waals surface area contributed by atoms with Gasteiger partial charge in [0.05, 0.1) is 22.8 Å². The second kappa shape index (κ2) is 6.87. The molecule has 27 heavy (non-hydrogen) atoms. The maximum atomic E-state index is 12.9. The number of sulfone groups is 1. The minimum absolute atomic E-state index is 0.0372. The van der Waals surface area contributed by atoms with Crippen LogP contribution in [0.25, 0.3) is 0 Å². The molecule has 0 spiro atoms. The zero-order chi connectivity index (χ0) is 19.1. The molecule has 0 saturated carbocycles. The minimum Gasteiger partial charge on any atom is -0.493 e. The maximum absolute atomic E-state index is 12.9. The average molecular weight is 403 g/mol. The Bertz CT molecular complexity index is 1020. The van der Waals surface area contributed by atoms with Crippen molar-refractivity contribution in [2.45, 2.75) is 36.0 Å². The van der Waals surface area contributed by atoms with Crippen LogP contribution in [-0.2, 0) is 27.5 Å². The Labute approximate surface area is 163 Å². The Hall–Kier alpha value is -1.99. The predicted octanol–water partition coefficient (Wildman–Crippen LogP) is 3.26. The molecular formula is C20H22N2O3S2. The van der Waals surface area contributed by atoms with Gasteiger partial charge in [-0.15, -0.1) is 0 Å². The lowest BCUT2D eigenvalue weighted by molar-refractivity contribution is 0.356. The molecule has 5 nitrogen and oxygen atoms in total. The number of rotatable bonds is 4. The summed E-state index contributed by atoms with van der Waals surface area (Å²) >= 11 is 1.56. The summed E-state index contributed by atoms with van der Waals surface area (Å²) in [6.07, 6.45) is 1.63. The highest BCUT2D eigenvalue weighted by atomic mass is 32.2. The molecule has 0 aromatic heterocycles. The quantitative estimate of drug-likeness (QED) is 0.849. The van der Waals surface area contributed by atoms with Crippen LogP contribution >= 0.6 is 11.8 Å². The first-order valence-electron chi connectivity index (χ1n) is 8.92. The van der Waals surface area contributed by atoms with E-state index in [1.165, 1.54) is 0 Å². The number of nitrogens with zero attached hydrogens (tertiary/aromatic N) is 1. The van der Waals surface area contributed by atoms with E-state index in [0.29, 0.717) is 16.7 Å². The van der Waals surface area contributed by atoms with Gasteiger partial charge in [0.25, 0.3) is 0 Å². The molecule has 7 heteroatoms. The van der Waals surface area contributed by atoms with Gasteiger partial charge in [-0.3, -0.25) is 4.99 Å². The topological polar surface area (TPSA) is 81.8 Å². The summed E-state index contributed by atoms with van der Waals surface area (Å²) < 4.78 is 31.3. The predicted molar refractivity (Wildman–Crippen MR) is 109 cm³/mol. The van der Waals surface area contributed by atoms with Crippen molar-refractivity contribution >= 4 is 26.8 Å². The third-order valence-corrected chi connectivity index (χ3v) is 7.60. The van der Waals surface area contributed by atoms with Crippen molar-refractivity contribution in [1.82, 2.24) is 0 Å². The van der Waals surface area contributed by atoms with Crippen molar-refractivity contribution in [2.24, 2.45) is 10.7 Å². The van der Waals surface area contributed by atoms with E-state index < -0.39 is 15.4 Å². The molecule has 0 radical (unpaired) electrons. The molecule has 2 heterocycles. The van der Waals surface area contributed by atoms with Gasteiger partial charge in [-0.25, -0.2) is 8.42 Å². The maximum Gasteiger partial charge on any atom is 0.182 e. The van der Waals surface area contributed by atoms with Gasteiger partial charge < -0.3 is 10.5 Å². The molecule has 4 rings (SSSR count). The van der Waals surface area contributed by atoms with E-state index in [0.717, 1.165) is 41.0 Å². The molecule has 0 amide bonds. The molecule has 0 bridgehead atoms. The summed E-state index contributed by atoms with van der Waals surface area (Å²) in [5.74, 6) is 1.66. The fraction of sp³-hybridized carbons (Fsp3) is 0.350. The van der Waals surface area contributed by atoms with Crippen molar-refractivity contribution in [2.75, 3.05) is 12.4 Å². The number of nitrogens with two attached hydrogens (primary N) is 1. The summed E-state index contributed by atoms with van der Waals surface area (Å²) in [5.41, 5.74) is 8.23. The fourth-order valence-corrected chi connectivity index (χ4v) is 5.91. The molecule has 2 aromatic carbocycles. The number of aliphatic imine (C=N–C) groups is 1. The van der Waals surface area contributed by atoms with Gasteiger partial charge in [0, 0.05) is 12.2 Å². The molecule has 2 aliphatic rings. The van der Waals surface area contributed by atoms with E-state index in [2.05, 4.69) is 4.99 Å². The van der Waals surface area contributed by atoms with Gasteiger partial charge >= 0.3 is 0 Å². The van der Waals surface area contributed by atoms with E-state index in [-0.39, 0.29) is 5.75 Å². The van der Waals surface area contributed by atoms with Crippen molar-refractivity contribution in [3.05, 3.63) is 59.2 Å². The first kappa shape index (κ1) is 18.4. The molecule has 2 N–H and O–H groups in total. The lowest BCUT2D eigenvalue weighted by Crippen LogP contribution is -2.28. The summed E-state index contributed by atoms with van der Waals surface area (Å²) in [4.78, 5) is 4.96. The first-order chi connectivity index (χ1) is 12.9. The smallest absolute Gasteiger partial charge is 0.182 e. The SMILES string of the molecule is CC1(c2cccc(CS(=O)(=O)c3ccc4c(c3)CCO4)c2)CCSC(N)=N1. The van der Waals surface area contributed by atoms with Crippen LogP contribution in [0.3, 0.4) is 0 Å². The highest BCUT2D eigenvalue weighted by Gasteiger charge is 2.30. The van der Waals surface area contributed by atoms with E-state index in [4.69, 9.17) is 10.5 Å². The van der Waals surface area contributed by atoms with Crippen LogP contribution in [0.1, 0.15) is 30.0 Å². The number of thioether (sulfide) groups is 1. The zero-order valence-corrected chi connectivity index (χ0v) is 16.8. The Balaban J connectivity index is 1.62. The second-order valence-corrected chi connectivity index (χ2v) is 10.3. The molecule has 2 aliphatic heterocycles. The van der Waals surface area contributed by atoms with Crippen molar-refractivity contribution in [1.29, 1.82) is 0 Å². The molecule has 0 fully saturated rings. The Morgan fingerprint density at radius 3 is 2.93 bits per heavy atom. The van der Waals surface area contributed by atoms with Crippen molar-refractivity contribution < 1.29 is 13.2 Å². The van der Waals surface area contributed by atoms with Gasteiger partial charge in [0.15, 0.2) is 15.0 Å². The van der Waals surface area contributed by atoms with Crippen LogP contribution in [0.5, 0.6) is 5.75 Å². The fourth-order valence-electron chi connectivity index (χ4n) is 3.55. The normalized spacial score (nSPS) is 22.0. The van der Waals surface area contributed by atoms with E-state index in [9.17, 15) is 8.42 Å². The third-order valence-electron chi connectivity index (χ3n) is 5.12. The first-order valence-corrected chi connectivity index (χ1v) is 11.6. The third kappa shape index (κ3) is 3.71. The Morgan fingerprint density at radius 2 is 2.11 bits per heavy atom. The van der Waals surface area contributed by atoms with Gasteiger partial charge in [0.2, 0.25) is 0 Å². The highest BCUT2D eigenvalue weighted by Crippen LogP contribution is 2.36. The van der Waals surface area contributed by atoms with Gasteiger partial charge in [0.1, 0.15) is 5.75 Å². The largest absolute Gasteiger partial charge is 0.493 e. The molecule has 0 saturated heterocycles. The average Bonchev–Trinajstić information content (AvgIpc) is 3.09. The van der Waals surface area contributed by atoms with Crippen LogP contribution in [0.15, 0.2) is 52.4 Å². The van der Waals surface area contributed by atoms with E-state index in [1.54, 1.807) is 30.0 Å². The van der Waals surface area contributed by atoms with Gasteiger partial charge in [-0.05, 0) is 48.2 Å². The van der Waals surface area contributed by atoms with Crippen LogP contribution in [0.2, 0.25) is 0 Å². The van der Waals surface area contributed by atoms with Crippen molar-refractivity contribution in [3.63, 3.8) is 0 Å². The van der Waals surface area contributed by atoms with Crippen LogP contribution in [-0.4, -0.2) is 25.9 Å². The monoisotopic (exact) mass is 402 g/mol. The Morgan fingerprint density at radius 1 is 1.26 bits per heavy atom. The molecule has 1 atom stereocenters. The van der Waals surface area contributed by atoms with Crippen LogP contribution < -0.4 is 10.5 Å². The number of ether oxygens (including phenoxy) is 1. The second-order valence-electron chi connectivity index (χ2n) is 7.15. The summed E-state index contributed by atoms with van der Waals surface area (Å²) in [6.45, 7) is 2.66. The van der Waals surface area contributed by atoms with Crippen LogP contribution in [0, 0.1) is 0 Å². The van der Waals surface area contributed by atoms with E-state index >= 15 is 0 Å². The minimum atomic E-state index is -3.43. The molecule has 1 unspecified atom stereocenters. The molecule has 142 valence electrons. The summed E-state index contributed by atoms with van der Waals surface area (Å²) in [7, 11) is -3.43. The number of benzene rings is 2. The number of hydrogen-bond donors (Lipinski definition) is 1. The zero-order valence-electron chi connectivity index (χ0n) is 15.1. The number of amidine groups is 1. The molecular weight excluding hydrogens is 380 g/mol. The number of hydrogen-bond acceptors (Lipinski definition) is 6. The highest BCUT2D eigenvalue weighted by molar-refractivity contribution is 8.13. The molecule has 2 aromatic rings. The standard InChI is InChI=1S/C20H22N2O3S2/c1-20(8-10-26-19(21)22-20)16-4-2-3-14(11-16)13-27(23,24)17-5-6-18-15(12-17)7-9-25-18/h2-6,11-12H,7-10,13H2,1H3,(H2,21,22). The number of fused-ring (bicyclic) bond motifs is 1. The van der Waals surface area contributed by atoms with E-state index in [1.807, 2.05) is 31.2 Å². The lowest BCUT2D eigenvalue weighted by atomic mass is 9.89. The summed E-state index contributed by atoms with van der Waals surface area (Å²) in [6, 6.07) is 12.8. The Kier molecular flexibility index (Phi) is 4.68. The lowest BCUT2D eigenvalue weighted by Gasteiger charge is -2.30.